The highest BCUT2D eigenvalue weighted by molar-refractivity contribution is 9.10. The van der Waals surface area contributed by atoms with Crippen molar-refractivity contribution in [3.63, 3.8) is 0 Å². The molecule has 0 aromatic heterocycles. The summed E-state index contributed by atoms with van der Waals surface area (Å²) in [4.78, 5) is 0.580. The fraction of sp³-hybridized carbons (Fsp3) is 0.200. The van der Waals surface area contributed by atoms with E-state index in [1.54, 1.807) is 12.1 Å². The zero-order valence-corrected chi connectivity index (χ0v) is 29.1. The van der Waals surface area contributed by atoms with Crippen LogP contribution in [0.1, 0.15) is 25.0 Å². The van der Waals surface area contributed by atoms with Gasteiger partial charge in [-0.2, -0.15) is 0 Å². The lowest BCUT2D eigenvalue weighted by Crippen LogP contribution is -2.54. The molecule has 0 radical (unpaired) electrons. The number of rotatable bonds is 4. The van der Waals surface area contributed by atoms with Crippen LogP contribution in [0.5, 0.6) is 0 Å². The van der Waals surface area contributed by atoms with E-state index in [4.69, 9.17) is 21.1 Å². The van der Waals surface area contributed by atoms with Crippen LogP contribution in [-0.4, -0.2) is 30.7 Å². The second kappa shape index (κ2) is 10.0. The molecule has 1 aliphatic heterocycles. The van der Waals surface area contributed by atoms with Crippen LogP contribution in [0.25, 0.3) is 49.0 Å². The van der Waals surface area contributed by atoms with Gasteiger partial charge in [-0.1, -0.05) is 118 Å². The average Bonchev–Trinajstić information content (AvgIpc) is 3.40. The molecule has 6 aromatic carbocycles. The number of benzene rings is 6. The van der Waals surface area contributed by atoms with Gasteiger partial charge in [0.2, 0.25) is 9.84 Å². The van der Waals surface area contributed by atoms with Crippen molar-refractivity contribution in [3.05, 3.63) is 130 Å². The minimum atomic E-state index is -3.98. The summed E-state index contributed by atoms with van der Waals surface area (Å²) in [5, 5.41) is 7.34. The van der Waals surface area contributed by atoms with Crippen LogP contribution in [0.15, 0.2) is 119 Å². The smallest absolute Gasteiger partial charge is 0.204 e. The summed E-state index contributed by atoms with van der Waals surface area (Å²) in [6, 6.07) is 32.2. The van der Waals surface area contributed by atoms with E-state index in [1.807, 2.05) is 51.1 Å². The van der Waals surface area contributed by atoms with Crippen LogP contribution in [-0.2, 0) is 19.3 Å². The van der Waals surface area contributed by atoms with Gasteiger partial charge in [-0.3, -0.25) is 0 Å². The molecule has 0 amide bonds. The van der Waals surface area contributed by atoms with E-state index in [0.717, 1.165) is 60.1 Å². The Morgan fingerprint density at radius 3 is 2.00 bits per heavy atom. The number of aryl methyl sites for hydroxylation is 1. The Bertz CT molecular complexity index is 2450. The van der Waals surface area contributed by atoms with E-state index in [1.165, 1.54) is 0 Å². The van der Waals surface area contributed by atoms with Crippen molar-refractivity contribution < 1.29 is 17.9 Å². The van der Waals surface area contributed by atoms with Gasteiger partial charge in [0.25, 0.3) is 0 Å². The average molecular weight is 722 g/mol. The summed E-state index contributed by atoms with van der Waals surface area (Å²) in [5.74, 6) is -1.20. The second-order valence-electron chi connectivity index (χ2n) is 13.4. The van der Waals surface area contributed by atoms with Gasteiger partial charge in [0.15, 0.2) is 5.79 Å². The Balaban J connectivity index is 1.36. The van der Waals surface area contributed by atoms with Crippen molar-refractivity contribution in [2.75, 3.05) is 0 Å². The summed E-state index contributed by atoms with van der Waals surface area (Å²) in [7, 11) is -3.98. The van der Waals surface area contributed by atoms with Gasteiger partial charge >= 0.3 is 0 Å². The highest BCUT2D eigenvalue weighted by Crippen LogP contribution is 2.60. The number of hydrogen-bond acceptors (Lipinski definition) is 4. The molecule has 0 spiro atoms. The van der Waals surface area contributed by atoms with E-state index < -0.39 is 26.1 Å². The summed E-state index contributed by atoms with van der Waals surface area (Å²) in [6.45, 7) is 5.74. The highest BCUT2D eigenvalue weighted by atomic mass is 79.9. The predicted molar refractivity (Wildman–Crippen MR) is 194 cm³/mol. The molecule has 10 rings (SSSR count). The maximum atomic E-state index is 14.9. The van der Waals surface area contributed by atoms with Crippen molar-refractivity contribution in [2.45, 2.75) is 48.0 Å². The number of ether oxygens (including phenoxy) is 2. The second-order valence-corrected chi connectivity index (χ2v) is 17.0. The van der Waals surface area contributed by atoms with Gasteiger partial charge in [-0.25, -0.2) is 8.42 Å². The minimum absolute atomic E-state index is 0.260. The maximum Gasteiger partial charge on any atom is 0.204 e. The van der Waals surface area contributed by atoms with Crippen molar-refractivity contribution in [3.8, 4) is 11.1 Å². The third-order valence-electron chi connectivity index (χ3n) is 10.1. The Labute approximate surface area is 287 Å². The number of halogens is 2. The predicted octanol–water partition coefficient (Wildman–Crippen LogP) is 10.3. The molecule has 4 atom stereocenters. The molecular formula is C40H30BrClO4S. The summed E-state index contributed by atoms with van der Waals surface area (Å²) in [6.07, 6.45) is 3.17. The van der Waals surface area contributed by atoms with Crippen LogP contribution in [0, 0.1) is 12.8 Å². The van der Waals surface area contributed by atoms with Crippen LogP contribution in [0.4, 0.5) is 0 Å². The molecule has 4 unspecified atom stereocenters. The monoisotopic (exact) mass is 720 g/mol. The first-order chi connectivity index (χ1) is 22.5. The molecule has 3 aliphatic carbocycles. The van der Waals surface area contributed by atoms with Crippen molar-refractivity contribution >= 4 is 75.3 Å². The molecule has 1 heterocycles. The van der Waals surface area contributed by atoms with Crippen LogP contribution in [0.2, 0.25) is 5.02 Å². The molecule has 7 heteroatoms. The standard InChI is InChI=1S/C40H30BrClO4S/c1-22-4-14-27(15-5-22)47(43,44)38-35(32-20-21-40(38,41)37-36(32)45-39(2,3)46-37)31-19-11-25-9-17-29-28(23-6-12-26(42)13-7-23)16-8-24-10-18-30(31)34(25)33(24)29/h4-21,32,36-37H,1-3H3. The van der Waals surface area contributed by atoms with Gasteiger partial charge in [0.1, 0.15) is 10.4 Å². The number of sulfone groups is 1. The summed E-state index contributed by atoms with van der Waals surface area (Å²) >= 11 is 10.2. The molecule has 0 saturated carbocycles. The Hall–Kier alpha value is -3.52. The lowest BCUT2D eigenvalue weighted by atomic mass is 9.69. The third kappa shape index (κ3) is 4.22. The zero-order chi connectivity index (χ0) is 32.5. The van der Waals surface area contributed by atoms with Crippen LogP contribution < -0.4 is 0 Å². The molecular weight excluding hydrogens is 692 g/mol. The Morgan fingerprint density at radius 2 is 1.34 bits per heavy atom. The van der Waals surface area contributed by atoms with Gasteiger partial charge in [-0.05, 0) is 99.6 Å². The third-order valence-corrected chi connectivity index (χ3v) is 13.7. The van der Waals surface area contributed by atoms with E-state index in [-0.39, 0.29) is 16.9 Å². The normalized spacial score (nSPS) is 25.0. The molecule has 2 bridgehead atoms. The number of hydrogen-bond donors (Lipinski definition) is 0. The quantitative estimate of drug-likeness (QED) is 0.103. The van der Waals surface area contributed by atoms with E-state index in [9.17, 15) is 8.42 Å². The van der Waals surface area contributed by atoms with E-state index in [0.29, 0.717) is 9.93 Å². The first-order valence-electron chi connectivity index (χ1n) is 15.7. The molecule has 47 heavy (non-hydrogen) atoms. The SMILES string of the molecule is Cc1ccc(S(=O)(=O)C2=C(c3ccc4ccc5c(-c6ccc(Cl)cc6)ccc6ccc3c4c65)C3C=CC2(Br)C2OC(C)(C)OC32)cc1. The molecule has 1 fully saturated rings. The largest absolute Gasteiger partial charge is 0.344 e. The lowest BCUT2D eigenvalue weighted by Gasteiger charge is -2.47. The number of alkyl halides is 1. The zero-order valence-electron chi connectivity index (χ0n) is 25.9. The fourth-order valence-electron chi connectivity index (χ4n) is 8.05. The van der Waals surface area contributed by atoms with E-state index in [2.05, 4.69) is 82.7 Å². The van der Waals surface area contributed by atoms with Crippen LogP contribution in [0.3, 0.4) is 0 Å². The Morgan fingerprint density at radius 1 is 0.745 bits per heavy atom. The fourth-order valence-corrected chi connectivity index (χ4v) is 11.4. The highest BCUT2D eigenvalue weighted by Gasteiger charge is 2.64. The van der Waals surface area contributed by atoms with E-state index >= 15 is 0 Å². The van der Waals surface area contributed by atoms with Gasteiger partial charge in [0.05, 0.1) is 15.9 Å². The molecule has 4 nitrogen and oxygen atoms in total. The Kier molecular flexibility index (Phi) is 6.30. The van der Waals surface area contributed by atoms with Gasteiger partial charge in [0, 0.05) is 10.9 Å². The first-order valence-corrected chi connectivity index (χ1v) is 18.4. The van der Waals surface area contributed by atoms with Crippen molar-refractivity contribution in [2.24, 2.45) is 5.92 Å². The maximum absolute atomic E-state index is 14.9. The minimum Gasteiger partial charge on any atom is -0.344 e. The topological polar surface area (TPSA) is 52.6 Å². The summed E-state index contributed by atoms with van der Waals surface area (Å²) in [5.41, 5.74) is 4.85. The molecule has 0 N–H and O–H groups in total. The first kappa shape index (κ1) is 29.6. The van der Waals surface area contributed by atoms with Gasteiger partial charge < -0.3 is 9.47 Å². The van der Waals surface area contributed by atoms with Crippen molar-refractivity contribution in [1.29, 1.82) is 0 Å². The van der Waals surface area contributed by atoms with Gasteiger partial charge in [-0.15, -0.1) is 0 Å². The van der Waals surface area contributed by atoms with Crippen LogP contribution >= 0.6 is 27.5 Å². The molecule has 4 aliphatic rings. The summed E-state index contributed by atoms with van der Waals surface area (Å²) < 4.78 is 41.7. The molecule has 234 valence electrons. The lowest BCUT2D eigenvalue weighted by molar-refractivity contribution is -0.147. The molecule has 1 saturated heterocycles. The van der Waals surface area contributed by atoms with Crippen molar-refractivity contribution in [1.82, 2.24) is 0 Å². The molecule has 6 aromatic rings.